The Kier molecular flexibility index (Phi) is 5.54. The second kappa shape index (κ2) is 6.98. The molecule has 0 bridgehead atoms. The normalized spacial score (nSPS) is 12.4. The van der Waals surface area contributed by atoms with Crippen LogP contribution in [-0.4, -0.2) is 0 Å². The quantitative estimate of drug-likeness (QED) is 0.534. The maximum Gasteiger partial charge on any atom is 0.0850 e. The second-order valence-corrected chi connectivity index (χ2v) is 6.52. The van der Waals surface area contributed by atoms with Gasteiger partial charge in [-0.05, 0) is 53.3 Å². The minimum Gasteiger partial charge on any atom is -0.113 e. The van der Waals surface area contributed by atoms with E-state index in [0.29, 0.717) is 5.02 Å². The van der Waals surface area contributed by atoms with Crippen LogP contribution >= 0.6 is 39.1 Å². The standard InChI is InChI=1S/C17H17BrCl2/c1-3-11-5-6-13(9-12(11)4-2)17(20)15-10-14(18)7-8-16(15)19/h5-10,17H,3-4H2,1-2H3. The Balaban J connectivity index is 2.42. The van der Waals surface area contributed by atoms with E-state index in [4.69, 9.17) is 23.2 Å². The molecule has 2 aromatic carbocycles. The Morgan fingerprint density at radius 2 is 1.70 bits per heavy atom. The van der Waals surface area contributed by atoms with Crippen molar-refractivity contribution >= 4 is 39.1 Å². The SMILES string of the molecule is CCc1ccc(C(Cl)c2cc(Br)ccc2Cl)cc1CC. The molecule has 0 aliphatic heterocycles. The van der Waals surface area contributed by atoms with Crippen molar-refractivity contribution in [3.63, 3.8) is 0 Å². The van der Waals surface area contributed by atoms with E-state index >= 15 is 0 Å². The van der Waals surface area contributed by atoms with Crippen LogP contribution in [0.4, 0.5) is 0 Å². The van der Waals surface area contributed by atoms with Crippen LogP contribution in [0.2, 0.25) is 5.02 Å². The van der Waals surface area contributed by atoms with E-state index in [1.54, 1.807) is 0 Å². The third kappa shape index (κ3) is 3.39. The highest BCUT2D eigenvalue weighted by molar-refractivity contribution is 9.10. The first-order valence-electron chi connectivity index (χ1n) is 6.77. The summed E-state index contributed by atoms with van der Waals surface area (Å²) in [7, 11) is 0. The van der Waals surface area contributed by atoms with Crippen LogP contribution in [0.1, 0.15) is 41.5 Å². The third-order valence-corrected chi connectivity index (χ3v) is 4.84. The van der Waals surface area contributed by atoms with Crippen LogP contribution < -0.4 is 0 Å². The lowest BCUT2D eigenvalue weighted by Crippen LogP contribution is -1.98. The van der Waals surface area contributed by atoms with Crippen LogP contribution in [0.15, 0.2) is 40.9 Å². The summed E-state index contributed by atoms with van der Waals surface area (Å²) in [5.74, 6) is 0. The zero-order chi connectivity index (χ0) is 14.7. The van der Waals surface area contributed by atoms with Crippen molar-refractivity contribution in [3.8, 4) is 0 Å². The van der Waals surface area contributed by atoms with E-state index in [9.17, 15) is 0 Å². The molecule has 0 spiro atoms. The lowest BCUT2D eigenvalue weighted by molar-refractivity contribution is 1.02. The highest BCUT2D eigenvalue weighted by Crippen LogP contribution is 2.36. The van der Waals surface area contributed by atoms with Crippen LogP contribution in [0.3, 0.4) is 0 Å². The van der Waals surface area contributed by atoms with Crippen molar-refractivity contribution in [1.29, 1.82) is 0 Å². The fraction of sp³-hybridized carbons (Fsp3) is 0.294. The fourth-order valence-corrected chi connectivity index (χ4v) is 3.34. The molecule has 1 unspecified atom stereocenters. The van der Waals surface area contributed by atoms with E-state index in [-0.39, 0.29) is 5.38 Å². The fourth-order valence-electron chi connectivity index (χ4n) is 2.37. The molecule has 3 heteroatoms. The zero-order valence-corrected chi connectivity index (χ0v) is 14.7. The highest BCUT2D eigenvalue weighted by Gasteiger charge is 2.15. The van der Waals surface area contributed by atoms with Gasteiger partial charge in [0.2, 0.25) is 0 Å². The first kappa shape index (κ1) is 15.9. The Labute approximate surface area is 139 Å². The third-order valence-electron chi connectivity index (χ3n) is 3.52. The number of hydrogen-bond donors (Lipinski definition) is 0. The molecule has 20 heavy (non-hydrogen) atoms. The van der Waals surface area contributed by atoms with E-state index in [0.717, 1.165) is 28.4 Å². The first-order valence-corrected chi connectivity index (χ1v) is 8.38. The largest absolute Gasteiger partial charge is 0.113 e. The van der Waals surface area contributed by atoms with Gasteiger partial charge < -0.3 is 0 Å². The molecular formula is C17H17BrCl2. The number of hydrogen-bond acceptors (Lipinski definition) is 0. The van der Waals surface area contributed by atoms with Gasteiger partial charge in [0.25, 0.3) is 0 Å². The van der Waals surface area contributed by atoms with Crippen LogP contribution in [0, 0.1) is 0 Å². The summed E-state index contributed by atoms with van der Waals surface area (Å²) in [6.07, 6.45) is 2.07. The number of aryl methyl sites for hydroxylation is 2. The number of rotatable bonds is 4. The molecule has 106 valence electrons. The van der Waals surface area contributed by atoms with Crippen molar-refractivity contribution in [3.05, 3.63) is 68.1 Å². The van der Waals surface area contributed by atoms with Gasteiger partial charge in [-0.3, -0.25) is 0 Å². The predicted molar refractivity (Wildman–Crippen MR) is 92.0 cm³/mol. The summed E-state index contributed by atoms with van der Waals surface area (Å²) in [6.45, 7) is 4.35. The smallest absolute Gasteiger partial charge is 0.0850 e. The molecule has 0 amide bonds. The molecule has 0 nitrogen and oxygen atoms in total. The lowest BCUT2D eigenvalue weighted by atomic mass is 9.96. The van der Waals surface area contributed by atoms with E-state index in [2.05, 4.69) is 48.0 Å². The van der Waals surface area contributed by atoms with Crippen molar-refractivity contribution in [2.45, 2.75) is 32.1 Å². The van der Waals surface area contributed by atoms with Crippen molar-refractivity contribution in [2.75, 3.05) is 0 Å². The molecular weight excluding hydrogens is 355 g/mol. The summed E-state index contributed by atoms with van der Waals surface area (Å²) in [5.41, 5.74) is 4.79. The minimum absolute atomic E-state index is 0.226. The summed E-state index contributed by atoms with van der Waals surface area (Å²) >= 11 is 16.4. The average Bonchev–Trinajstić information content (AvgIpc) is 2.48. The molecule has 0 fully saturated rings. The minimum atomic E-state index is -0.226. The second-order valence-electron chi connectivity index (χ2n) is 4.76. The predicted octanol–water partition coefficient (Wildman–Crippen LogP) is 6.56. The summed E-state index contributed by atoms with van der Waals surface area (Å²) in [5, 5.41) is 0.474. The van der Waals surface area contributed by atoms with Crippen molar-refractivity contribution in [1.82, 2.24) is 0 Å². The zero-order valence-electron chi connectivity index (χ0n) is 11.6. The van der Waals surface area contributed by atoms with Crippen LogP contribution in [0.25, 0.3) is 0 Å². The maximum atomic E-state index is 6.63. The number of alkyl halides is 1. The molecule has 0 radical (unpaired) electrons. The van der Waals surface area contributed by atoms with Gasteiger partial charge in [-0.25, -0.2) is 0 Å². The van der Waals surface area contributed by atoms with Gasteiger partial charge in [0.15, 0.2) is 0 Å². The van der Waals surface area contributed by atoms with Gasteiger partial charge >= 0.3 is 0 Å². The molecule has 0 aliphatic carbocycles. The van der Waals surface area contributed by atoms with Gasteiger partial charge in [0.1, 0.15) is 0 Å². The molecule has 0 saturated carbocycles. The van der Waals surface area contributed by atoms with Gasteiger partial charge in [0, 0.05) is 9.50 Å². The van der Waals surface area contributed by atoms with E-state index in [1.165, 1.54) is 11.1 Å². The number of benzene rings is 2. The summed E-state index contributed by atoms with van der Waals surface area (Å²) in [6, 6.07) is 12.3. The van der Waals surface area contributed by atoms with E-state index < -0.39 is 0 Å². The molecule has 1 atom stereocenters. The summed E-state index contributed by atoms with van der Waals surface area (Å²) in [4.78, 5) is 0. The van der Waals surface area contributed by atoms with Crippen LogP contribution in [0.5, 0.6) is 0 Å². The van der Waals surface area contributed by atoms with Crippen molar-refractivity contribution < 1.29 is 0 Å². The topological polar surface area (TPSA) is 0 Å². The Morgan fingerprint density at radius 3 is 2.35 bits per heavy atom. The van der Waals surface area contributed by atoms with Gasteiger partial charge in [-0.15, -0.1) is 11.6 Å². The summed E-state index contributed by atoms with van der Waals surface area (Å²) < 4.78 is 0.989. The maximum absolute atomic E-state index is 6.63. The monoisotopic (exact) mass is 370 g/mol. The molecule has 0 aromatic heterocycles. The molecule has 2 rings (SSSR count). The average molecular weight is 372 g/mol. The molecule has 0 saturated heterocycles. The molecule has 0 N–H and O–H groups in total. The van der Waals surface area contributed by atoms with Gasteiger partial charge in [-0.1, -0.05) is 59.6 Å². The van der Waals surface area contributed by atoms with Crippen LogP contribution in [-0.2, 0) is 12.8 Å². The Bertz CT molecular complexity index is 608. The molecule has 0 aliphatic rings. The van der Waals surface area contributed by atoms with Gasteiger partial charge in [-0.2, -0.15) is 0 Å². The highest BCUT2D eigenvalue weighted by atomic mass is 79.9. The molecule has 0 heterocycles. The Morgan fingerprint density at radius 1 is 1.00 bits per heavy atom. The lowest BCUT2D eigenvalue weighted by Gasteiger charge is -2.15. The van der Waals surface area contributed by atoms with Gasteiger partial charge in [0.05, 0.1) is 5.38 Å². The Hall–Kier alpha value is -0.500. The van der Waals surface area contributed by atoms with E-state index in [1.807, 2.05) is 18.2 Å². The van der Waals surface area contributed by atoms with Crippen molar-refractivity contribution in [2.24, 2.45) is 0 Å². The molecule has 2 aromatic rings. The first-order chi connectivity index (χ1) is 9.56. The number of halogens is 3.